The van der Waals surface area contributed by atoms with Crippen LogP contribution in [0.1, 0.15) is 6.92 Å². The molecule has 0 bridgehead atoms. The van der Waals surface area contributed by atoms with Gasteiger partial charge in [0.05, 0.1) is 6.07 Å². The molecule has 0 aliphatic heterocycles. The zero-order valence-electron chi connectivity index (χ0n) is 2.25. The van der Waals surface area contributed by atoms with E-state index in [2.05, 4.69) is 0 Å². The summed E-state index contributed by atoms with van der Waals surface area (Å²) >= 11 is 0. The predicted octanol–water partition coefficient (Wildman–Crippen LogP) is 0.527. The molecule has 0 aromatic heterocycles. The van der Waals surface area contributed by atoms with Crippen LogP contribution in [0.4, 0.5) is 0 Å². The Hall–Kier alpha value is 0.230. The monoisotopic (exact) mass is 238 g/mol. The zero-order chi connectivity index (χ0) is 2.71. The quantitative estimate of drug-likeness (QED) is 0.564. The normalized spacial score (nSPS) is 2.00. The van der Waals surface area contributed by atoms with Crippen LogP contribution in [0.25, 0.3) is 0 Å². The molecule has 4 heavy (non-hydrogen) atoms. The van der Waals surface area contributed by atoms with E-state index in [9.17, 15) is 0 Å². The van der Waals surface area contributed by atoms with Crippen LogP contribution in [-0.2, 0) is 22.4 Å². The number of rotatable bonds is 0. The van der Waals surface area contributed by atoms with Crippen molar-refractivity contribution in [1.82, 2.24) is 0 Å². The third-order valence-electron chi connectivity index (χ3n) is 0. The molecule has 0 N–H and O–H groups in total. The smallest absolute Gasteiger partial charge is 0.0587 e. The maximum absolute atomic E-state index is 7.32. The van der Waals surface area contributed by atoms with Gasteiger partial charge >= 0.3 is 0 Å². The van der Waals surface area contributed by atoms with Crippen molar-refractivity contribution < 1.29 is 22.4 Å². The maximum Gasteiger partial charge on any atom is 0.0587 e. The van der Waals surface area contributed by atoms with Crippen molar-refractivity contribution in [2.45, 2.75) is 6.92 Å². The molecule has 1 radical (unpaired) electrons. The average molecular weight is 238 g/mol. The van der Waals surface area contributed by atoms with Crippen LogP contribution in [0.3, 0.4) is 0 Å². The largest absolute Gasteiger partial charge is 0.199 e. The van der Waals surface area contributed by atoms with Gasteiger partial charge in [0.1, 0.15) is 0 Å². The first-order valence-electron chi connectivity index (χ1n) is 0.724. The van der Waals surface area contributed by atoms with Gasteiger partial charge in [-0.15, -0.1) is 0 Å². The molecule has 0 saturated heterocycles. The van der Waals surface area contributed by atoms with Crippen LogP contribution in [0.15, 0.2) is 0 Å². The number of hydrogen-bond acceptors (Lipinski definition) is 1. The van der Waals surface area contributed by atoms with Gasteiger partial charge in [0.25, 0.3) is 0 Å². The summed E-state index contributed by atoms with van der Waals surface area (Å²) in [7, 11) is 0. The SMILES string of the molecule is CC#N.[Au]. The molecular formula is C2H3AuN. The van der Waals surface area contributed by atoms with Crippen molar-refractivity contribution in [2.75, 3.05) is 0 Å². The van der Waals surface area contributed by atoms with Gasteiger partial charge in [0.15, 0.2) is 0 Å². The van der Waals surface area contributed by atoms with Crippen LogP contribution < -0.4 is 0 Å². The van der Waals surface area contributed by atoms with Crippen molar-refractivity contribution in [2.24, 2.45) is 0 Å². The Balaban J connectivity index is 0. The number of nitriles is 1. The van der Waals surface area contributed by atoms with Crippen molar-refractivity contribution >= 4 is 0 Å². The molecule has 27 valence electrons. The second-order valence-electron chi connectivity index (χ2n) is 0.224. The maximum atomic E-state index is 7.32. The minimum absolute atomic E-state index is 0. The molecule has 0 aromatic rings. The van der Waals surface area contributed by atoms with E-state index in [4.69, 9.17) is 5.26 Å². The van der Waals surface area contributed by atoms with Gasteiger partial charge in [0, 0.05) is 29.3 Å². The molecule has 0 unspecified atom stereocenters. The summed E-state index contributed by atoms with van der Waals surface area (Å²) < 4.78 is 0. The molecule has 0 rings (SSSR count). The van der Waals surface area contributed by atoms with Gasteiger partial charge in [-0.2, -0.15) is 5.26 Å². The fourth-order valence-corrected chi connectivity index (χ4v) is 0. The molecular weight excluding hydrogens is 235 g/mol. The van der Waals surface area contributed by atoms with E-state index in [0.717, 1.165) is 0 Å². The molecule has 0 amide bonds. The van der Waals surface area contributed by atoms with E-state index < -0.39 is 0 Å². The molecule has 0 aromatic carbocycles. The van der Waals surface area contributed by atoms with E-state index in [0.29, 0.717) is 0 Å². The molecule has 1 nitrogen and oxygen atoms in total. The molecule has 0 saturated carbocycles. The Morgan fingerprint density at radius 2 is 1.75 bits per heavy atom. The second-order valence-corrected chi connectivity index (χ2v) is 0.224. The summed E-state index contributed by atoms with van der Waals surface area (Å²) in [5.41, 5.74) is 0. The molecule has 0 aliphatic rings. The van der Waals surface area contributed by atoms with Crippen LogP contribution >= 0.6 is 0 Å². The fourth-order valence-electron chi connectivity index (χ4n) is 0. The first-order chi connectivity index (χ1) is 1.41. The fraction of sp³-hybridized carbons (Fsp3) is 0.500. The van der Waals surface area contributed by atoms with Gasteiger partial charge < -0.3 is 0 Å². The Morgan fingerprint density at radius 1 is 1.75 bits per heavy atom. The van der Waals surface area contributed by atoms with Crippen LogP contribution in [0.2, 0.25) is 0 Å². The van der Waals surface area contributed by atoms with Crippen LogP contribution in [-0.4, -0.2) is 0 Å². The molecule has 0 spiro atoms. The molecule has 2 heteroatoms. The summed E-state index contributed by atoms with van der Waals surface area (Å²) in [5, 5.41) is 7.32. The summed E-state index contributed by atoms with van der Waals surface area (Å²) in [6.45, 7) is 1.43. The van der Waals surface area contributed by atoms with E-state index in [1.165, 1.54) is 6.92 Å². The Kier molecular flexibility index (Phi) is 23.6. The van der Waals surface area contributed by atoms with E-state index in [-0.39, 0.29) is 22.4 Å². The van der Waals surface area contributed by atoms with Gasteiger partial charge in [-0.05, 0) is 0 Å². The van der Waals surface area contributed by atoms with Crippen LogP contribution in [0.5, 0.6) is 0 Å². The predicted molar refractivity (Wildman–Crippen MR) is 11.3 cm³/mol. The summed E-state index contributed by atoms with van der Waals surface area (Å²) in [6.07, 6.45) is 0. The molecule has 0 atom stereocenters. The average Bonchev–Trinajstić information content (AvgIpc) is 0.918. The van der Waals surface area contributed by atoms with Gasteiger partial charge in [-0.25, -0.2) is 0 Å². The van der Waals surface area contributed by atoms with Gasteiger partial charge in [-0.1, -0.05) is 0 Å². The first-order valence-corrected chi connectivity index (χ1v) is 0.724. The topological polar surface area (TPSA) is 23.8 Å². The minimum Gasteiger partial charge on any atom is -0.199 e. The van der Waals surface area contributed by atoms with E-state index in [1.807, 2.05) is 0 Å². The third kappa shape index (κ3) is 63.7. The Labute approximate surface area is 41.1 Å². The first kappa shape index (κ1) is 8.87. The Bertz CT molecular complexity index is 27.5. The number of nitrogens with zero attached hydrogens (tertiary/aromatic N) is 1. The number of hydrogen-bond donors (Lipinski definition) is 0. The van der Waals surface area contributed by atoms with Crippen LogP contribution in [0, 0.1) is 11.3 Å². The van der Waals surface area contributed by atoms with Crippen molar-refractivity contribution in [1.29, 1.82) is 5.26 Å². The summed E-state index contributed by atoms with van der Waals surface area (Å²) in [6, 6.07) is 1.75. The van der Waals surface area contributed by atoms with Crippen molar-refractivity contribution in [3.63, 3.8) is 0 Å². The minimum atomic E-state index is 0. The third-order valence-corrected chi connectivity index (χ3v) is 0. The Morgan fingerprint density at radius 3 is 1.75 bits per heavy atom. The van der Waals surface area contributed by atoms with E-state index in [1.54, 1.807) is 6.07 Å². The standard InChI is InChI=1S/C2H3N.Au/c1-2-3;/h1H3;. The van der Waals surface area contributed by atoms with E-state index >= 15 is 0 Å². The van der Waals surface area contributed by atoms with Gasteiger partial charge in [-0.3, -0.25) is 0 Å². The summed E-state index contributed by atoms with van der Waals surface area (Å²) in [5.74, 6) is 0. The molecule has 0 fully saturated rings. The van der Waals surface area contributed by atoms with Crippen molar-refractivity contribution in [3.05, 3.63) is 0 Å². The molecule has 0 heterocycles. The zero-order valence-corrected chi connectivity index (χ0v) is 4.42. The molecule has 0 aliphatic carbocycles. The van der Waals surface area contributed by atoms with Crippen molar-refractivity contribution in [3.8, 4) is 6.07 Å². The van der Waals surface area contributed by atoms with Gasteiger partial charge in [0.2, 0.25) is 0 Å². The second kappa shape index (κ2) is 10.6. The summed E-state index contributed by atoms with van der Waals surface area (Å²) in [4.78, 5) is 0.